The maximum absolute atomic E-state index is 13.9. The number of benzene rings is 2. The van der Waals surface area contributed by atoms with Crippen LogP contribution in [0.5, 0.6) is 0 Å². The van der Waals surface area contributed by atoms with E-state index >= 15 is 0 Å². The second-order valence-corrected chi connectivity index (χ2v) is 9.75. The normalized spacial score (nSPS) is 31.6. The van der Waals surface area contributed by atoms with Crippen LogP contribution in [0.2, 0.25) is 0 Å². The molecule has 0 radical (unpaired) electrons. The van der Waals surface area contributed by atoms with Gasteiger partial charge < -0.3 is 9.64 Å². The largest absolute Gasteiger partial charge is 0.325 e. The summed E-state index contributed by atoms with van der Waals surface area (Å²) in [5.41, 5.74) is 2.84. The van der Waals surface area contributed by atoms with E-state index in [0.29, 0.717) is 12.5 Å². The van der Waals surface area contributed by atoms with Crippen LogP contribution in [0.3, 0.4) is 0 Å². The van der Waals surface area contributed by atoms with Crippen molar-refractivity contribution in [3.05, 3.63) is 71.8 Å². The van der Waals surface area contributed by atoms with E-state index in [-0.39, 0.29) is 29.9 Å². The summed E-state index contributed by atoms with van der Waals surface area (Å²) in [5, 5.41) is 0. The van der Waals surface area contributed by atoms with Gasteiger partial charge in [-0.2, -0.15) is 0 Å². The third-order valence-corrected chi connectivity index (χ3v) is 8.11. The molecule has 1 saturated heterocycles. The first-order valence-corrected chi connectivity index (χ1v) is 12.2. The summed E-state index contributed by atoms with van der Waals surface area (Å²) < 4.78 is 6.86. The molecule has 32 heavy (non-hydrogen) atoms. The SMILES string of the molecule is CCC(CC)[C@@H]1N=C2C[C@H](c3ccccc3)[C@@H](C)C3C[C@@]2(O1)N(Cc1ccccc1)C3=O. The fourth-order valence-corrected chi connectivity index (χ4v) is 6.09. The van der Waals surface area contributed by atoms with Gasteiger partial charge in [-0.3, -0.25) is 9.79 Å². The second kappa shape index (κ2) is 8.47. The number of amides is 1. The van der Waals surface area contributed by atoms with Crippen LogP contribution in [0, 0.1) is 17.8 Å². The fourth-order valence-electron chi connectivity index (χ4n) is 6.09. The van der Waals surface area contributed by atoms with Crippen molar-refractivity contribution in [1.82, 2.24) is 4.90 Å². The number of rotatable bonds is 6. The van der Waals surface area contributed by atoms with E-state index in [1.807, 2.05) is 23.1 Å². The third kappa shape index (κ3) is 3.40. The highest BCUT2D eigenvalue weighted by Gasteiger charge is 2.62. The number of ether oxygens (including phenoxy) is 1. The van der Waals surface area contributed by atoms with Crippen molar-refractivity contribution < 1.29 is 9.53 Å². The van der Waals surface area contributed by atoms with Gasteiger partial charge in [-0.05, 0) is 42.2 Å². The Labute approximate surface area is 191 Å². The molecule has 1 amide bonds. The summed E-state index contributed by atoms with van der Waals surface area (Å²) in [5.74, 6) is 1.08. The molecule has 0 aromatic heterocycles. The molecule has 2 bridgehead atoms. The maximum Gasteiger partial charge on any atom is 0.229 e. The van der Waals surface area contributed by atoms with Crippen molar-refractivity contribution in [3.8, 4) is 0 Å². The highest BCUT2D eigenvalue weighted by molar-refractivity contribution is 6.01. The monoisotopic (exact) mass is 430 g/mol. The number of carbonyl (C=O) groups excluding carboxylic acids is 1. The molecule has 1 spiro atoms. The lowest BCUT2D eigenvalue weighted by atomic mass is 9.78. The minimum Gasteiger partial charge on any atom is -0.325 e. The average Bonchev–Trinajstić information content (AvgIpc) is 3.27. The lowest BCUT2D eigenvalue weighted by molar-refractivity contribution is -0.154. The number of hydrogen-bond acceptors (Lipinski definition) is 3. The lowest BCUT2D eigenvalue weighted by Gasteiger charge is -2.38. The van der Waals surface area contributed by atoms with Crippen molar-refractivity contribution >= 4 is 11.6 Å². The van der Waals surface area contributed by atoms with Gasteiger partial charge >= 0.3 is 0 Å². The summed E-state index contributed by atoms with van der Waals surface area (Å²) in [6.07, 6.45) is 3.48. The van der Waals surface area contributed by atoms with Gasteiger partial charge in [0.1, 0.15) is 0 Å². The van der Waals surface area contributed by atoms with E-state index in [9.17, 15) is 4.79 Å². The molecule has 2 aromatic rings. The molecule has 0 N–H and O–H groups in total. The molecule has 2 fully saturated rings. The van der Waals surface area contributed by atoms with E-state index in [1.54, 1.807) is 0 Å². The van der Waals surface area contributed by atoms with E-state index in [0.717, 1.165) is 37.0 Å². The molecule has 4 nitrogen and oxygen atoms in total. The maximum atomic E-state index is 13.9. The van der Waals surface area contributed by atoms with E-state index in [1.165, 1.54) is 5.56 Å². The Kier molecular flexibility index (Phi) is 5.66. The van der Waals surface area contributed by atoms with Crippen molar-refractivity contribution in [1.29, 1.82) is 0 Å². The Hall–Kier alpha value is -2.46. The predicted molar refractivity (Wildman–Crippen MR) is 127 cm³/mol. The van der Waals surface area contributed by atoms with Gasteiger partial charge in [0, 0.05) is 24.8 Å². The highest BCUT2D eigenvalue weighted by atomic mass is 16.6. The van der Waals surface area contributed by atoms with Gasteiger partial charge in [-0.25, -0.2) is 0 Å². The average molecular weight is 431 g/mol. The Morgan fingerprint density at radius 1 is 1.03 bits per heavy atom. The molecular weight excluding hydrogens is 396 g/mol. The topological polar surface area (TPSA) is 41.9 Å². The van der Waals surface area contributed by atoms with Crippen LogP contribution >= 0.6 is 0 Å². The Morgan fingerprint density at radius 3 is 2.34 bits per heavy atom. The number of likely N-dealkylation sites (tertiary alicyclic amines) is 1. The van der Waals surface area contributed by atoms with E-state index in [2.05, 4.69) is 63.2 Å². The highest BCUT2D eigenvalue weighted by Crippen LogP contribution is 2.53. The zero-order chi connectivity index (χ0) is 22.3. The predicted octanol–water partition coefficient (Wildman–Crippen LogP) is 5.79. The van der Waals surface area contributed by atoms with Crippen LogP contribution in [-0.2, 0) is 16.1 Å². The van der Waals surface area contributed by atoms with Crippen LogP contribution in [0.1, 0.15) is 63.5 Å². The Bertz CT molecular complexity index is 985. The zero-order valence-corrected chi connectivity index (χ0v) is 19.4. The lowest BCUT2D eigenvalue weighted by Crippen LogP contribution is -2.52. The molecule has 2 aliphatic heterocycles. The number of fused-ring (bicyclic) bond motifs is 1. The zero-order valence-electron chi connectivity index (χ0n) is 19.4. The molecule has 2 heterocycles. The van der Waals surface area contributed by atoms with Crippen LogP contribution in [0.4, 0.5) is 0 Å². The minimum atomic E-state index is -0.692. The second-order valence-electron chi connectivity index (χ2n) is 9.75. The standard InChI is InChI=1S/C28H34N2O2/c1-4-21(5-2)26-29-25-16-23(22-14-10-7-11-15-22)19(3)24-17-28(25,32-26)30(27(24)31)18-20-12-8-6-9-13-20/h6-15,19,21,23-24,26H,4-5,16-18H2,1-3H3/t19-,23+,24?,26-,28+/m1/s1. The third-order valence-electron chi connectivity index (χ3n) is 8.11. The summed E-state index contributed by atoms with van der Waals surface area (Å²) >= 11 is 0. The minimum absolute atomic E-state index is 0.0444. The first-order valence-electron chi connectivity index (χ1n) is 12.2. The van der Waals surface area contributed by atoms with Crippen LogP contribution in [-0.4, -0.2) is 28.5 Å². The summed E-state index contributed by atoms with van der Waals surface area (Å²) in [6, 6.07) is 21.0. The number of carbonyl (C=O) groups is 1. The molecule has 2 aromatic carbocycles. The molecule has 5 atom stereocenters. The Morgan fingerprint density at radius 2 is 1.69 bits per heavy atom. The van der Waals surface area contributed by atoms with Crippen molar-refractivity contribution in [2.24, 2.45) is 22.7 Å². The quantitative estimate of drug-likeness (QED) is 0.582. The molecule has 168 valence electrons. The van der Waals surface area contributed by atoms with Gasteiger partial charge in [0.25, 0.3) is 0 Å². The molecule has 1 saturated carbocycles. The number of hydrogen-bond donors (Lipinski definition) is 0. The molecular formula is C28H34N2O2. The van der Waals surface area contributed by atoms with Crippen molar-refractivity contribution in [2.45, 2.75) is 70.9 Å². The van der Waals surface area contributed by atoms with Crippen LogP contribution in [0.15, 0.2) is 65.7 Å². The van der Waals surface area contributed by atoms with Gasteiger partial charge in [-0.1, -0.05) is 81.4 Å². The van der Waals surface area contributed by atoms with Crippen molar-refractivity contribution in [2.75, 3.05) is 0 Å². The van der Waals surface area contributed by atoms with Gasteiger partial charge in [0.05, 0.1) is 5.71 Å². The molecule has 5 rings (SSSR count). The van der Waals surface area contributed by atoms with E-state index in [4.69, 9.17) is 9.73 Å². The van der Waals surface area contributed by atoms with Crippen LogP contribution < -0.4 is 0 Å². The fraction of sp³-hybridized carbons (Fsp3) is 0.500. The van der Waals surface area contributed by atoms with Crippen LogP contribution in [0.25, 0.3) is 0 Å². The Balaban J connectivity index is 1.57. The molecule has 3 aliphatic rings. The number of aliphatic imine (C=N–C) groups is 1. The van der Waals surface area contributed by atoms with Gasteiger partial charge in [0.15, 0.2) is 12.0 Å². The smallest absolute Gasteiger partial charge is 0.229 e. The summed E-state index contributed by atoms with van der Waals surface area (Å²) in [7, 11) is 0. The van der Waals surface area contributed by atoms with Crippen molar-refractivity contribution in [3.63, 3.8) is 0 Å². The molecule has 4 heteroatoms. The van der Waals surface area contributed by atoms with E-state index < -0.39 is 5.72 Å². The summed E-state index contributed by atoms with van der Waals surface area (Å²) in [6.45, 7) is 7.25. The molecule has 1 unspecified atom stereocenters. The van der Waals surface area contributed by atoms with Gasteiger partial charge in [0.2, 0.25) is 5.91 Å². The first kappa shape index (κ1) is 21.4. The van der Waals surface area contributed by atoms with Gasteiger partial charge in [-0.15, -0.1) is 0 Å². The molecule has 1 aliphatic carbocycles. The number of nitrogens with zero attached hydrogens (tertiary/aromatic N) is 2. The first-order chi connectivity index (χ1) is 15.6. The summed E-state index contributed by atoms with van der Waals surface area (Å²) in [4.78, 5) is 21.1.